The van der Waals surface area contributed by atoms with Crippen LogP contribution in [-0.2, 0) is 0 Å². The third-order valence-corrected chi connectivity index (χ3v) is 3.35. The number of hydrogen-bond acceptors (Lipinski definition) is 1. The van der Waals surface area contributed by atoms with E-state index in [2.05, 4.69) is 35.0 Å². The minimum atomic E-state index is 0.857. The fourth-order valence-corrected chi connectivity index (χ4v) is 1.78. The molecule has 0 aliphatic rings. The van der Waals surface area contributed by atoms with Gasteiger partial charge in [0.1, 0.15) is 11.5 Å². The number of benzene rings is 2. The van der Waals surface area contributed by atoms with Gasteiger partial charge in [0.15, 0.2) is 0 Å². The molecule has 2 aromatic rings. The van der Waals surface area contributed by atoms with E-state index < -0.39 is 0 Å². The fraction of sp³-hybridized carbons (Fsp3) is 0.125. The van der Waals surface area contributed by atoms with Crippen LogP contribution in [0.25, 0.3) is 6.08 Å². The highest BCUT2D eigenvalue weighted by Gasteiger charge is 1.97. The highest BCUT2D eigenvalue weighted by Crippen LogP contribution is 2.22. The second-order valence-corrected chi connectivity index (χ2v) is 4.67. The molecular weight excluding hydrogens is 288 g/mol. The predicted molar refractivity (Wildman–Crippen MR) is 80.4 cm³/mol. The van der Waals surface area contributed by atoms with E-state index in [0.29, 0.717) is 0 Å². The SMILES string of the molecule is C/C(=C\c1cccc(Oc2ccccc2)c1)CBr. The zero-order valence-corrected chi connectivity index (χ0v) is 11.9. The van der Waals surface area contributed by atoms with Crippen LogP contribution in [0.15, 0.2) is 60.2 Å². The molecular formula is C16H15BrO. The van der Waals surface area contributed by atoms with Gasteiger partial charge in [-0.1, -0.05) is 57.9 Å². The van der Waals surface area contributed by atoms with E-state index in [0.717, 1.165) is 22.4 Å². The second-order valence-electron chi connectivity index (χ2n) is 4.11. The first-order valence-corrected chi connectivity index (χ1v) is 6.96. The van der Waals surface area contributed by atoms with E-state index in [1.165, 1.54) is 5.57 Å². The van der Waals surface area contributed by atoms with Gasteiger partial charge in [0, 0.05) is 5.33 Å². The number of halogens is 1. The average Bonchev–Trinajstić information content (AvgIpc) is 2.40. The van der Waals surface area contributed by atoms with Crippen LogP contribution in [0.1, 0.15) is 12.5 Å². The van der Waals surface area contributed by atoms with Gasteiger partial charge in [-0.25, -0.2) is 0 Å². The summed E-state index contributed by atoms with van der Waals surface area (Å²) >= 11 is 3.45. The predicted octanol–water partition coefficient (Wildman–Crippen LogP) is 5.28. The molecule has 92 valence electrons. The lowest BCUT2D eigenvalue weighted by molar-refractivity contribution is 0.482. The number of alkyl halides is 1. The molecule has 0 unspecified atom stereocenters. The summed E-state index contributed by atoms with van der Waals surface area (Å²) in [5.41, 5.74) is 2.44. The molecule has 0 amide bonds. The summed E-state index contributed by atoms with van der Waals surface area (Å²) < 4.78 is 5.79. The highest BCUT2D eigenvalue weighted by molar-refractivity contribution is 9.09. The maximum Gasteiger partial charge on any atom is 0.128 e. The molecule has 0 aliphatic carbocycles. The Hall–Kier alpha value is -1.54. The maximum atomic E-state index is 5.79. The quantitative estimate of drug-likeness (QED) is 0.698. The highest BCUT2D eigenvalue weighted by atomic mass is 79.9. The van der Waals surface area contributed by atoms with Gasteiger partial charge in [0.25, 0.3) is 0 Å². The zero-order valence-electron chi connectivity index (χ0n) is 10.3. The van der Waals surface area contributed by atoms with Crippen molar-refractivity contribution in [1.29, 1.82) is 0 Å². The van der Waals surface area contributed by atoms with Crippen LogP contribution in [0.4, 0.5) is 0 Å². The lowest BCUT2D eigenvalue weighted by Gasteiger charge is -2.06. The summed E-state index contributed by atoms with van der Waals surface area (Å²) in [6.45, 7) is 2.10. The first-order chi connectivity index (χ1) is 8.78. The van der Waals surface area contributed by atoms with Gasteiger partial charge in [0.05, 0.1) is 0 Å². The van der Waals surface area contributed by atoms with E-state index in [-0.39, 0.29) is 0 Å². The van der Waals surface area contributed by atoms with E-state index in [4.69, 9.17) is 4.74 Å². The molecule has 2 aromatic carbocycles. The van der Waals surface area contributed by atoms with Crippen molar-refractivity contribution in [3.63, 3.8) is 0 Å². The first-order valence-electron chi connectivity index (χ1n) is 5.84. The molecule has 18 heavy (non-hydrogen) atoms. The van der Waals surface area contributed by atoms with Crippen LogP contribution in [0, 0.1) is 0 Å². The minimum absolute atomic E-state index is 0.857. The summed E-state index contributed by atoms with van der Waals surface area (Å²) in [4.78, 5) is 0. The lowest BCUT2D eigenvalue weighted by atomic mass is 10.1. The van der Waals surface area contributed by atoms with E-state index in [1.54, 1.807) is 0 Å². The van der Waals surface area contributed by atoms with Crippen molar-refractivity contribution in [3.8, 4) is 11.5 Å². The molecule has 0 fully saturated rings. The van der Waals surface area contributed by atoms with Crippen molar-refractivity contribution in [2.75, 3.05) is 5.33 Å². The van der Waals surface area contributed by atoms with Gasteiger partial charge in [-0.15, -0.1) is 0 Å². The summed E-state index contributed by atoms with van der Waals surface area (Å²) in [5, 5.41) is 0.886. The molecule has 2 heteroatoms. The Morgan fingerprint density at radius 1 is 1.06 bits per heavy atom. The topological polar surface area (TPSA) is 9.23 Å². The third kappa shape index (κ3) is 3.74. The Balaban J connectivity index is 2.18. The molecule has 1 nitrogen and oxygen atoms in total. The number of ether oxygens (including phenoxy) is 1. The summed E-state index contributed by atoms with van der Waals surface area (Å²) in [6.07, 6.45) is 2.15. The maximum absolute atomic E-state index is 5.79. The first kappa shape index (κ1) is 12.9. The molecule has 0 saturated heterocycles. The monoisotopic (exact) mass is 302 g/mol. The van der Waals surface area contributed by atoms with Crippen LogP contribution >= 0.6 is 15.9 Å². The number of allylic oxidation sites excluding steroid dienone is 1. The molecule has 0 heterocycles. The third-order valence-electron chi connectivity index (χ3n) is 2.46. The molecule has 2 rings (SSSR count). The van der Waals surface area contributed by atoms with Crippen LogP contribution in [0.2, 0.25) is 0 Å². The van der Waals surface area contributed by atoms with E-state index in [9.17, 15) is 0 Å². The van der Waals surface area contributed by atoms with Crippen LogP contribution in [-0.4, -0.2) is 5.33 Å². The van der Waals surface area contributed by atoms with Gasteiger partial charge in [-0.05, 0) is 36.8 Å². The van der Waals surface area contributed by atoms with Crippen molar-refractivity contribution in [3.05, 3.63) is 65.7 Å². The van der Waals surface area contributed by atoms with Gasteiger partial charge < -0.3 is 4.74 Å². The lowest BCUT2D eigenvalue weighted by Crippen LogP contribution is -1.84. The van der Waals surface area contributed by atoms with Gasteiger partial charge in [-0.3, -0.25) is 0 Å². The Bertz CT molecular complexity index is 532. The molecule has 0 saturated carbocycles. The molecule has 0 N–H and O–H groups in total. The molecule has 0 aromatic heterocycles. The van der Waals surface area contributed by atoms with E-state index in [1.807, 2.05) is 48.5 Å². The summed E-state index contributed by atoms with van der Waals surface area (Å²) in [6, 6.07) is 17.9. The standard InChI is InChI=1S/C16H15BrO/c1-13(12-17)10-14-6-5-9-16(11-14)18-15-7-3-2-4-8-15/h2-11H,12H2,1H3/b13-10+. The minimum Gasteiger partial charge on any atom is -0.457 e. The van der Waals surface area contributed by atoms with Gasteiger partial charge in [-0.2, -0.15) is 0 Å². The van der Waals surface area contributed by atoms with Crippen molar-refractivity contribution in [2.45, 2.75) is 6.92 Å². The van der Waals surface area contributed by atoms with Gasteiger partial charge in [0.2, 0.25) is 0 Å². The molecule has 0 aliphatic heterocycles. The Morgan fingerprint density at radius 3 is 2.50 bits per heavy atom. The molecule has 0 spiro atoms. The number of rotatable bonds is 4. The van der Waals surface area contributed by atoms with E-state index >= 15 is 0 Å². The van der Waals surface area contributed by atoms with Crippen molar-refractivity contribution in [2.24, 2.45) is 0 Å². The van der Waals surface area contributed by atoms with Crippen molar-refractivity contribution < 1.29 is 4.74 Å². The second kappa shape index (κ2) is 6.41. The largest absolute Gasteiger partial charge is 0.457 e. The van der Waals surface area contributed by atoms with Gasteiger partial charge >= 0.3 is 0 Å². The smallest absolute Gasteiger partial charge is 0.128 e. The summed E-state index contributed by atoms with van der Waals surface area (Å²) in [7, 11) is 0. The Kier molecular flexibility index (Phi) is 4.59. The molecule has 0 atom stereocenters. The zero-order chi connectivity index (χ0) is 12.8. The normalized spacial score (nSPS) is 11.3. The van der Waals surface area contributed by atoms with Crippen LogP contribution < -0.4 is 4.74 Å². The van der Waals surface area contributed by atoms with Crippen molar-refractivity contribution >= 4 is 22.0 Å². The fourth-order valence-electron chi connectivity index (χ4n) is 1.62. The average molecular weight is 303 g/mol. The van der Waals surface area contributed by atoms with Crippen LogP contribution in [0.3, 0.4) is 0 Å². The Labute approximate surface area is 116 Å². The number of hydrogen-bond donors (Lipinski definition) is 0. The van der Waals surface area contributed by atoms with Crippen molar-refractivity contribution in [1.82, 2.24) is 0 Å². The molecule has 0 bridgehead atoms. The Morgan fingerprint density at radius 2 is 1.78 bits per heavy atom. The molecule has 0 radical (unpaired) electrons. The summed E-state index contributed by atoms with van der Waals surface area (Å²) in [5.74, 6) is 1.72. The number of para-hydroxylation sites is 1. The van der Waals surface area contributed by atoms with Crippen LogP contribution in [0.5, 0.6) is 11.5 Å².